The Kier molecular flexibility index (Phi) is 2.72. The van der Waals surface area contributed by atoms with Crippen molar-refractivity contribution in [2.24, 2.45) is 0 Å². The molecule has 15 heavy (non-hydrogen) atoms. The SMILES string of the molecule is Cc1ccn(CCc2ccc(N)cc2)n1. The van der Waals surface area contributed by atoms with Crippen LogP contribution in [0.2, 0.25) is 0 Å². The van der Waals surface area contributed by atoms with Crippen molar-refractivity contribution in [2.75, 3.05) is 5.73 Å². The van der Waals surface area contributed by atoms with Crippen LogP contribution in [0.3, 0.4) is 0 Å². The summed E-state index contributed by atoms with van der Waals surface area (Å²) < 4.78 is 1.96. The normalized spacial score (nSPS) is 10.5. The fourth-order valence-electron chi connectivity index (χ4n) is 1.52. The summed E-state index contributed by atoms with van der Waals surface area (Å²) in [6.07, 6.45) is 2.99. The van der Waals surface area contributed by atoms with Crippen LogP contribution in [0.4, 0.5) is 5.69 Å². The summed E-state index contributed by atoms with van der Waals surface area (Å²) in [5.41, 5.74) is 8.78. The van der Waals surface area contributed by atoms with Crippen molar-refractivity contribution in [3.63, 3.8) is 0 Å². The van der Waals surface area contributed by atoms with Gasteiger partial charge in [-0.2, -0.15) is 5.10 Å². The molecule has 2 rings (SSSR count). The molecule has 0 aliphatic carbocycles. The largest absolute Gasteiger partial charge is 0.399 e. The number of nitrogen functional groups attached to an aromatic ring is 1. The average Bonchev–Trinajstić information content (AvgIpc) is 2.64. The molecule has 0 radical (unpaired) electrons. The summed E-state index contributed by atoms with van der Waals surface area (Å²) in [6.45, 7) is 2.91. The number of hydrogen-bond donors (Lipinski definition) is 1. The number of hydrogen-bond acceptors (Lipinski definition) is 2. The Morgan fingerprint density at radius 3 is 2.53 bits per heavy atom. The van der Waals surface area contributed by atoms with Gasteiger partial charge in [0.05, 0.1) is 5.69 Å². The van der Waals surface area contributed by atoms with E-state index in [2.05, 4.69) is 17.2 Å². The molecule has 1 heterocycles. The van der Waals surface area contributed by atoms with Crippen LogP contribution in [0.15, 0.2) is 36.5 Å². The third-order valence-electron chi connectivity index (χ3n) is 2.38. The van der Waals surface area contributed by atoms with E-state index < -0.39 is 0 Å². The van der Waals surface area contributed by atoms with Crippen molar-refractivity contribution >= 4 is 5.69 Å². The molecule has 0 aliphatic heterocycles. The van der Waals surface area contributed by atoms with Gasteiger partial charge in [-0.25, -0.2) is 0 Å². The summed E-state index contributed by atoms with van der Waals surface area (Å²) in [6, 6.07) is 10.0. The van der Waals surface area contributed by atoms with Crippen LogP contribution in [0.5, 0.6) is 0 Å². The number of aryl methyl sites for hydroxylation is 3. The lowest BCUT2D eigenvalue weighted by atomic mass is 10.1. The highest BCUT2D eigenvalue weighted by Crippen LogP contribution is 2.07. The van der Waals surface area contributed by atoms with Gasteiger partial charge in [0.1, 0.15) is 0 Å². The fourth-order valence-corrected chi connectivity index (χ4v) is 1.52. The molecule has 3 nitrogen and oxygen atoms in total. The quantitative estimate of drug-likeness (QED) is 0.772. The van der Waals surface area contributed by atoms with Crippen LogP contribution in [0.1, 0.15) is 11.3 Å². The number of anilines is 1. The van der Waals surface area contributed by atoms with E-state index in [-0.39, 0.29) is 0 Å². The fraction of sp³-hybridized carbons (Fsp3) is 0.250. The minimum Gasteiger partial charge on any atom is -0.399 e. The van der Waals surface area contributed by atoms with E-state index in [1.54, 1.807) is 0 Å². The van der Waals surface area contributed by atoms with E-state index in [1.165, 1.54) is 5.56 Å². The van der Waals surface area contributed by atoms with Crippen molar-refractivity contribution in [3.05, 3.63) is 47.8 Å². The van der Waals surface area contributed by atoms with E-state index >= 15 is 0 Å². The van der Waals surface area contributed by atoms with Crippen LogP contribution in [0.25, 0.3) is 0 Å². The van der Waals surface area contributed by atoms with Gasteiger partial charge in [0.2, 0.25) is 0 Å². The Bertz CT molecular complexity index is 428. The van der Waals surface area contributed by atoms with E-state index in [1.807, 2.05) is 36.0 Å². The van der Waals surface area contributed by atoms with E-state index in [0.717, 1.165) is 24.3 Å². The lowest BCUT2D eigenvalue weighted by Crippen LogP contribution is -2.02. The minimum atomic E-state index is 0.814. The second-order valence-electron chi connectivity index (χ2n) is 3.71. The highest BCUT2D eigenvalue weighted by molar-refractivity contribution is 5.39. The van der Waals surface area contributed by atoms with Gasteiger partial charge in [-0.15, -0.1) is 0 Å². The number of rotatable bonds is 3. The van der Waals surface area contributed by atoms with Crippen LogP contribution >= 0.6 is 0 Å². The Labute approximate surface area is 89.5 Å². The predicted octanol–water partition coefficient (Wildman–Crippen LogP) is 2.02. The first kappa shape index (κ1) is 9.77. The van der Waals surface area contributed by atoms with Crippen molar-refractivity contribution in [2.45, 2.75) is 19.9 Å². The van der Waals surface area contributed by atoms with Crippen molar-refractivity contribution in [3.8, 4) is 0 Å². The molecule has 0 atom stereocenters. The number of benzene rings is 1. The van der Waals surface area contributed by atoms with Gasteiger partial charge in [-0.05, 0) is 37.1 Å². The first-order chi connectivity index (χ1) is 7.24. The summed E-state index contributed by atoms with van der Waals surface area (Å²) in [5, 5.41) is 4.34. The van der Waals surface area contributed by atoms with Gasteiger partial charge < -0.3 is 5.73 Å². The van der Waals surface area contributed by atoms with Gasteiger partial charge in [-0.1, -0.05) is 12.1 Å². The van der Waals surface area contributed by atoms with Gasteiger partial charge >= 0.3 is 0 Å². The van der Waals surface area contributed by atoms with Crippen LogP contribution in [-0.2, 0) is 13.0 Å². The smallest absolute Gasteiger partial charge is 0.0593 e. The summed E-state index contributed by atoms with van der Waals surface area (Å²) >= 11 is 0. The summed E-state index contributed by atoms with van der Waals surface area (Å²) in [5.74, 6) is 0. The maximum Gasteiger partial charge on any atom is 0.0593 e. The average molecular weight is 201 g/mol. The Morgan fingerprint density at radius 2 is 1.93 bits per heavy atom. The molecule has 78 valence electrons. The van der Waals surface area contributed by atoms with Gasteiger partial charge in [-0.3, -0.25) is 4.68 Å². The number of aromatic nitrogens is 2. The van der Waals surface area contributed by atoms with Gasteiger partial charge in [0.15, 0.2) is 0 Å². The number of nitrogens with zero attached hydrogens (tertiary/aromatic N) is 2. The molecular formula is C12H15N3. The van der Waals surface area contributed by atoms with Gasteiger partial charge in [0, 0.05) is 18.4 Å². The summed E-state index contributed by atoms with van der Waals surface area (Å²) in [4.78, 5) is 0. The maximum atomic E-state index is 5.62. The first-order valence-corrected chi connectivity index (χ1v) is 5.08. The molecule has 0 saturated heterocycles. The maximum absolute atomic E-state index is 5.62. The van der Waals surface area contributed by atoms with Crippen molar-refractivity contribution < 1.29 is 0 Å². The Hall–Kier alpha value is -1.77. The van der Waals surface area contributed by atoms with Crippen LogP contribution in [0, 0.1) is 6.92 Å². The van der Waals surface area contributed by atoms with E-state index in [0.29, 0.717) is 0 Å². The topological polar surface area (TPSA) is 43.8 Å². The molecule has 2 N–H and O–H groups in total. The molecule has 1 aromatic carbocycles. The first-order valence-electron chi connectivity index (χ1n) is 5.08. The highest BCUT2D eigenvalue weighted by Gasteiger charge is 1.96. The third-order valence-corrected chi connectivity index (χ3v) is 2.38. The second-order valence-corrected chi connectivity index (χ2v) is 3.71. The minimum absolute atomic E-state index is 0.814. The molecular weight excluding hydrogens is 186 g/mol. The molecule has 3 heteroatoms. The molecule has 0 fully saturated rings. The zero-order valence-electron chi connectivity index (χ0n) is 8.85. The molecule has 2 aromatic rings. The summed E-state index contributed by atoms with van der Waals surface area (Å²) in [7, 11) is 0. The molecule has 1 aromatic heterocycles. The van der Waals surface area contributed by atoms with Crippen LogP contribution < -0.4 is 5.73 Å². The highest BCUT2D eigenvalue weighted by atomic mass is 15.3. The van der Waals surface area contributed by atoms with Crippen molar-refractivity contribution in [1.82, 2.24) is 9.78 Å². The van der Waals surface area contributed by atoms with E-state index in [4.69, 9.17) is 5.73 Å². The molecule has 0 unspecified atom stereocenters. The molecule has 0 bridgehead atoms. The van der Waals surface area contributed by atoms with Crippen LogP contribution in [-0.4, -0.2) is 9.78 Å². The monoisotopic (exact) mass is 201 g/mol. The molecule has 0 amide bonds. The van der Waals surface area contributed by atoms with Gasteiger partial charge in [0.25, 0.3) is 0 Å². The van der Waals surface area contributed by atoms with E-state index in [9.17, 15) is 0 Å². The lowest BCUT2D eigenvalue weighted by Gasteiger charge is -2.02. The Balaban J connectivity index is 1.96. The zero-order chi connectivity index (χ0) is 10.7. The second kappa shape index (κ2) is 4.17. The predicted molar refractivity (Wildman–Crippen MR) is 61.5 cm³/mol. The molecule has 0 spiro atoms. The number of nitrogens with two attached hydrogens (primary N) is 1. The third kappa shape index (κ3) is 2.59. The zero-order valence-corrected chi connectivity index (χ0v) is 8.85. The van der Waals surface area contributed by atoms with Crippen molar-refractivity contribution in [1.29, 1.82) is 0 Å². The lowest BCUT2D eigenvalue weighted by molar-refractivity contribution is 0.610. The standard InChI is InChI=1S/C12H15N3/c1-10-6-8-15(14-10)9-7-11-2-4-12(13)5-3-11/h2-6,8H,7,9,13H2,1H3. The molecule has 0 aliphatic rings. The molecule has 0 saturated carbocycles. The Morgan fingerprint density at radius 1 is 1.20 bits per heavy atom.